The Kier molecular flexibility index (Phi) is 3.53. The molecular formula is C8H10BrNO3. The molecule has 0 saturated carbocycles. The summed E-state index contributed by atoms with van der Waals surface area (Å²) in [7, 11) is 1.47. The number of ether oxygens (including phenoxy) is 1. The molecule has 0 atom stereocenters. The van der Waals surface area contributed by atoms with Crippen molar-refractivity contribution in [3.05, 3.63) is 22.2 Å². The summed E-state index contributed by atoms with van der Waals surface area (Å²) >= 11 is 3.22. The van der Waals surface area contributed by atoms with Crippen molar-refractivity contribution in [3.63, 3.8) is 0 Å². The number of hydrogen-bond donors (Lipinski definition) is 3. The lowest BCUT2D eigenvalue weighted by molar-refractivity contribution is 0.160. The summed E-state index contributed by atoms with van der Waals surface area (Å²) < 4.78 is 5.63. The zero-order chi connectivity index (χ0) is 9.84. The average molecular weight is 248 g/mol. The SMILES string of the molecule is COc1c(Br)ccc(CNO)c1O. The van der Waals surface area contributed by atoms with Gasteiger partial charge in [0.2, 0.25) is 0 Å². The van der Waals surface area contributed by atoms with E-state index in [1.165, 1.54) is 7.11 Å². The fraction of sp³-hybridized carbons (Fsp3) is 0.250. The van der Waals surface area contributed by atoms with E-state index >= 15 is 0 Å². The molecule has 0 heterocycles. The molecule has 0 unspecified atom stereocenters. The van der Waals surface area contributed by atoms with Crippen LogP contribution in [0.1, 0.15) is 5.56 Å². The van der Waals surface area contributed by atoms with E-state index in [0.717, 1.165) is 0 Å². The summed E-state index contributed by atoms with van der Waals surface area (Å²) in [6, 6.07) is 3.43. The first-order chi connectivity index (χ1) is 6.20. The molecule has 0 radical (unpaired) electrons. The van der Waals surface area contributed by atoms with Crippen LogP contribution < -0.4 is 10.2 Å². The lowest BCUT2D eigenvalue weighted by Gasteiger charge is -2.09. The Balaban J connectivity index is 3.11. The van der Waals surface area contributed by atoms with Crippen molar-refractivity contribution >= 4 is 15.9 Å². The van der Waals surface area contributed by atoms with Gasteiger partial charge in [-0.1, -0.05) is 6.07 Å². The maximum Gasteiger partial charge on any atom is 0.175 e. The van der Waals surface area contributed by atoms with Crippen molar-refractivity contribution < 1.29 is 15.1 Å². The molecule has 0 spiro atoms. The van der Waals surface area contributed by atoms with Crippen LogP contribution in [0.25, 0.3) is 0 Å². The van der Waals surface area contributed by atoms with Crippen molar-refractivity contribution in [2.45, 2.75) is 6.54 Å². The number of benzene rings is 1. The maximum absolute atomic E-state index is 9.59. The third-order valence-electron chi connectivity index (χ3n) is 1.64. The standard InChI is InChI=1S/C8H10BrNO3/c1-13-8-6(9)3-2-5(4-10-12)7(8)11/h2-3,10-12H,4H2,1H3. The van der Waals surface area contributed by atoms with Gasteiger partial charge in [-0.05, 0) is 22.0 Å². The van der Waals surface area contributed by atoms with Gasteiger partial charge < -0.3 is 15.1 Å². The van der Waals surface area contributed by atoms with Gasteiger partial charge >= 0.3 is 0 Å². The minimum Gasteiger partial charge on any atom is -0.504 e. The smallest absolute Gasteiger partial charge is 0.175 e. The first-order valence-corrected chi connectivity index (χ1v) is 4.41. The van der Waals surface area contributed by atoms with Gasteiger partial charge in [0.15, 0.2) is 11.5 Å². The summed E-state index contributed by atoms with van der Waals surface area (Å²) in [6.07, 6.45) is 0. The quantitative estimate of drug-likeness (QED) is 0.711. The number of phenols is 1. The van der Waals surface area contributed by atoms with Gasteiger partial charge in [0.1, 0.15) is 0 Å². The number of rotatable bonds is 3. The molecule has 0 aromatic heterocycles. The van der Waals surface area contributed by atoms with Crippen molar-refractivity contribution in [3.8, 4) is 11.5 Å². The zero-order valence-corrected chi connectivity index (χ0v) is 8.63. The number of hydroxylamine groups is 1. The lowest BCUT2D eigenvalue weighted by Crippen LogP contribution is -2.06. The fourth-order valence-electron chi connectivity index (χ4n) is 1.01. The molecule has 0 aliphatic rings. The number of aromatic hydroxyl groups is 1. The predicted octanol–water partition coefficient (Wildman–Crippen LogP) is 1.64. The Morgan fingerprint density at radius 2 is 2.23 bits per heavy atom. The fourth-order valence-corrected chi connectivity index (χ4v) is 1.49. The second kappa shape index (κ2) is 4.45. The second-order valence-corrected chi connectivity index (χ2v) is 3.28. The molecule has 0 fully saturated rings. The molecule has 0 amide bonds. The van der Waals surface area contributed by atoms with Crippen molar-refractivity contribution in [1.82, 2.24) is 5.48 Å². The number of phenolic OH excluding ortho intramolecular Hbond substituents is 1. The van der Waals surface area contributed by atoms with Crippen LogP contribution in [-0.4, -0.2) is 17.4 Å². The third-order valence-corrected chi connectivity index (χ3v) is 2.27. The van der Waals surface area contributed by atoms with Crippen LogP contribution in [0.15, 0.2) is 16.6 Å². The van der Waals surface area contributed by atoms with Gasteiger partial charge in [-0.15, -0.1) is 0 Å². The van der Waals surface area contributed by atoms with E-state index in [1.54, 1.807) is 12.1 Å². The van der Waals surface area contributed by atoms with Crippen LogP contribution in [0.5, 0.6) is 11.5 Å². The van der Waals surface area contributed by atoms with Gasteiger partial charge in [-0.2, -0.15) is 0 Å². The Morgan fingerprint density at radius 3 is 2.77 bits per heavy atom. The van der Waals surface area contributed by atoms with Crippen LogP contribution in [0.4, 0.5) is 0 Å². The topological polar surface area (TPSA) is 61.7 Å². The summed E-state index contributed by atoms with van der Waals surface area (Å²) in [6.45, 7) is 0.176. The first kappa shape index (κ1) is 10.3. The van der Waals surface area contributed by atoms with E-state index in [2.05, 4.69) is 15.9 Å². The number of halogens is 1. The van der Waals surface area contributed by atoms with E-state index in [-0.39, 0.29) is 12.3 Å². The van der Waals surface area contributed by atoms with Crippen LogP contribution in [0, 0.1) is 0 Å². The molecule has 0 saturated heterocycles. The molecule has 13 heavy (non-hydrogen) atoms. The zero-order valence-electron chi connectivity index (χ0n) is 7.04. The highest BCUT2D eigenvalue weighted by atomic mass is 79.9. The Morgan fingerprint density at radius 1 is 1.54 bits per heavy atom. The van der Waals surface area contributed by atoms with Gasteiger partial charge in [-0.3, -0.25) is 0 Å². The second-order valence-electron chi connectivity index (χ2n) is 2.42. The molecule has 0 aliphatic carbocycles. The minimum atomic E-state index is 0.0263. The number of nitrogens with one attached hydrogen (secondary N) is 1. The van der Waals surface area contributed by atoms with E-state index in [4.69, 9.17) is 9.94 Å². The Hall–Kier alpha value is -0.780. The Bertz CT molecular complexity index is 304. The molecule has 3 N–H and O–H groups in total. The van der Waals surface area contributed by atoms with E-state index in [0.29, 0.717) is 15.8 Å². The molecule has 72 valence electrons. The minimum absolute atomic E-state index is 0.0263. The molecular weight excluding hydrogens is 238 g/mol. The molecule has 1 rings (SSSR count). The van der Waals surface area contributed by atoms with Crippen molar-refractivity contribution in [2.75, 3.05) is 7.11 Å². The Labute approximate surface area is 84.2 Å². The van der Waals surface area contributed by atoms with Crippen molar-refractivity contribution in [1.29, 1.82) is 0 Å². The maximum atomic E-state index is 9.59. The van der Waals surface area contributed by atoms with Gasteiger partial charge in [0.25, 0.3) is 0 Å². The van der Waals surface area contributed by atoms with E-state index < -0.39 is 0 Å². The van der Waals surface area contributed by atoms with E-state index in [1.807, 2.05) is 5.48 Å². The van der Waals surface area contributed by atoms with Crippen LogP contribution >= 0.6 is 15.9 Å². The summed E-state index contributed by atoms with van der Waals surface area (Å²) in [5, 5.41) is 18.1. The van der Waals surface area contributed by atoms with Gasteiger partial charge in [0.05, 0.1) is 11.6 Å². The summed E-state index contributed by atoms with van der Waals surface area (Å²) in [5.74, 6) is 0.395. The molecule has 1 aromatic rings. The largest absolute Gasteiger partial charge is 0.504 e. The molecule has 0 bridgehead atoms. The average Bonchev–Trinajstić information content (AvgIpc) is 2.11. The molecule has 5 heteroatoms. The highest BCUT2D eigenvalue weighted by Gasteiger charge is 2.10. The summed E-state index contributed by atoms with van der Waals surface area (Å²) in [4.78, 5) is 0. The molecule has 4 nitrogen and oxygen atoms in total. The van der Waals surface area contributed by atoms with Crippen molar-refractivity contribution in [2.24, 2.45) is 0 Å². The van der Waals surface area contributed by atoms with Crippen LogP contribution in [0.2, 0.25) is 0 Å². The van der Waals surface area contributed by atoms with Crippen LogP contribution in [0.3, 0.4) is 0 Å². The monoisotopic (exact) mass is 247 g/mol. The first-order valence-electron chi connectivity index (χ1n) is 3.62. The highest BCUT2D eigenvalue weighted by Crippen LogP contribution is 2.36. The molecule has 0 aliphatic heterocycles. The van der Waals surface area contributed by atoms with Gasteiger partial charge in [0, 0.05) is 12.1 Å². The van der Waals surface area contributed by atoms with Crippen LogP contribution in [-0.2, 0) is 6.54 Å². The number of methoxy groups -OCH3 is 1. The highest BCUT2D eigenvalue weighted by molar-refractivity contribution is 9.10. The predicted molar refractivity (Wildman–Crippen MR) is 51.0 cm³/mol. The third kappa shape index (κ3) is 2.12. The number of hydrogen-bond acceptors (Lipinski definition) is 4. The summed E-state index contributed by atoms with van der Waals surface area (Å²) in [5.41, 5.74) is 2.54. The molecule has 1 aromatic carbocycles. The van der Waals surface area contributed by atoms with E-state index in [9.17, 15) is 5.11 Å². The normalized spacial score (nSPS) is 10.1. The van der Waals surface area contributed by atoms with Gasteiger partial charge in [-0.25, -0.2) is 5.48 Å². The lowest BCUT2D eigenvalue weighted by atomic mass is 10.2.